The number of rotatable bonds is 3. The van der Waals surface area contributed by atoms with E-state index >= 15 is 0 Å². The number of alkyl halides is 3. The highest BCUT2D eigenvalue weighted by Gasteiger charge is 2.53. The van der Waals surface area contributed by atoms with E-state index in [0.29, 0.717) is 24.3 Å². The Labute approximate surface area is 166 Å². The van der Waals surface area contributed by atoms with E-state index in [9.17, 15) is 18.0 Å². The molecular formula is C23H32F3NO. The van der Waals surface area contributed by atoms with Crippen molar-refractivity contribution < 1.29 is 18.0 Å². The van der Waals surface area contributed by atoms with E-state index in [2.05, 4.69) is 33.0 Å². The molecule has 2 saturated carbocycles. The van der Waals surface area contributed by atoms with E-state index in [-0.39, 0.29) is 22.3 Å². The van der Waals surface area contributed by atoms with Crippen LogP contribution >= 0.6 is 0 Å². The summed E-state index contributed by atoms with van der Waals surface area (Å²) in [5.74, 6) is 1.41. The molecule has 0 radical (unpaired) electrons. The summed E-state index contributed by atoms with van der Waals surface area (Å²) in [5.41, 5.74) is 0.00956. The lowest BCUT2D eigenvalue weighted by atomic mass is 9.46. The van der Waals surface area contributed by atoms with Crippen molar-refractivity contribution in [1.82, 2.24) is 5.32 Å². The van der Waals surface area contributed by atoms with Crippen LogP contribution in [0.25, 0.3) is 0 Å². The van der Waals surface area contributed by atoms with Gasteiger partial charge in [-0.25, -0.2) is 0 Å². The normalized spacial score (nSPS) is 29.0. The first-order chi connectivity index (χ1) is 12.9. The molecule has 1 aromatic carbocycles. The minimum Gasteiger partial charge on any atom is -0.352 e. The number of carbonyl (C=O) groups is 1. The maximum atomic E-state index is 12.7. The zero-order valence-corrected chi connectivity index (χ0v) is 17.3. The van der Waals surface area contributed by atoms with Gasteiger partial charge in [0, 0.05) is 12.1 Å². The second-order valence-electron chi connectivity index (χ2n) is 9.91. The van der Waals surface area contributed by atoms with Crippen LogP contribution in [0.4, 0.5) is 13.2 Å². The van der Waals surface area contributed by atoms with Crippen LogP contribution in [0, 0.1) is 28.6 Å². The average Bonchev–Trinajstić information content (AvgIpc) is 2.63. The number of amides is 1. The number of hydrogen-bond donors (Lipinski definition) is 1. The molecule has 1 aromatic rings. The fourth-order valence-corrected chi connectivity index (χ4v) is 5.55. The molecule has 0 heterocycles. The van der Waals surface area contributed by atoms with Crippen LogP contribution in [-0.2, 0) is 6.18 Å². The standard InChI is InChI=1S/C23H32F3NO/c1-21(2)13-16(18-7-5-6-8-19(18)22(21,3)4)14-27-20(28)15-9-11-17(12-10-15)23(24,25)26/h9-12,16,18-19H,5-8,13-14H2,1-4H3,(H,27,28). The Hall–Kier alpha value is -1.52. The lowest BCUT2D eigenvalue weighted by molar-refractivity contribution is -0.137. The van der Waals surface area contributed by atoms with E-state index in [4.69, 9.17) is 0 Å². The molecule has 0 saturated heterocycles. The molecule has 1 N–H and O–H groups in total. The SMILES string of the molecule is CC1(C)CC(CNC(=O)c2ccc(C(F)(F)F)cc2)C2CCCCC2C1(C)C. The number of hydrogen-bond acceptors (Lipinski definition) is 1. The number of carbonyl (C=O) groups excluding carboxylic acids is 1. The minimum atomic E-state index is -4.38. The Kier molecular flexibility index (Phi) is 5.59. The molecule has 2 fully saturated rings. The Morgan fingerprint density at radius 2 is 1.68 bits per heavy atom. The third-order valence-electron chi connectivity index (χ3n) is 7.87. The van der Waals surface area contributed by atoms with Crippen LogP contribution in [0.2, 0.25) is 0 Å². The van der Waals surface area contributed by atoms with Gasteiger partial charge >= 0.3 is 6.18 Å². The van der Waals surface area contributed by atoms with Crippen molar-refractivity contribution in [3.05, 3.63) is 35.4 Å². The Bertz CT molecular complexity index is 706. The first-order valence-electron chi connectivity index (χ1n) is 10.4. The summed E-state index contributed by atoms with van der Waals surface area (Å²) < 4.78 is 38.1. The predicted molar refractivity (Wildman–Crippen MR) is 105 cm³/mol. The second kappa shape index (κ2) is 7.38. The van der Waals surface area contributed by atoms with Gasteiger partial charge < -0.3 is 5.32 Å². The lowest BCUT2D eigenvalue weighted by Crippen LogP contribution is -2.53. The van der Waals surface area contributed by atoms with Crippen LogP contribution in [0.1, 0.15) is 75.7 Å². The molecule has 2 aliphatic carbocycles. The summed E-state index contributed by atoms with van der Waals surface area (Å²) in [6.07, 6.45) is 1.68. The van der Waals surface area contributed by atoms with Gasteiger partial charge in [0.05, 0.1) is 5.56 Å². The summed E-state index contributed by atoms with van der Waals surface area (Å²) >= 11 is 0. The van der Waals surface area contributed by atoms with Gasteiger partial charge in [0.2, 0.25) is 0 Å². The molecule has 2 aliphatic rings. The quantitative estimate of drug-likeness (QED) is 0.638. The van der Waals surface area contributed by atoms with Crippen molar-refractivity contribution in [3.8, 4) is 0 Å². The van der Waals surface area contributed by atoms with E-state index in [1.807, 2.05) is 0 Å². The zero-order valence-electron chi connectivity index (χ0n) is 17.3. The molecule has 0 aromatic heterocycles. The second-order valence-corrected chi connectivity index (χ2v) is 9.91. The maximum absolute atomic E-state index is 12.7. The third-order valence-corrected chi connectivity index (χ3v) is 7.87. The van der Waals surface area contributed by atoms with Gasteiger partial charge in [-0.3, -0.25) is 4.79 Å². The smallest absolute Gasteiger partial charge is 0.352 e. The van der Waals surface area contributed by atoms with Gasteiger partial charge in [0.15, 0.2) is 0 Å². The molecule has 1 amide bonds. The number of fused-ring (bicyclic) bond motifs is 1. The molecule has 28 heavy (non-hydrogen) atoms. The molecule has 2 nitrogen and oxygen atoms in total. The van der Waals surface area contributed by atoms with Crippen molar-refractivity contribution in [3.63, 3.8) is 0 Å². The summed E-state index contributed by atoms with van der Waals surface area (Å²) in [6, 6.07) is 4.46. The van der Waals surface area contributed by atoms with Crippen molar-refractivity contribution in [2.24, 2.45) is 28.6 Å². The number of halogens is 3. The van der Waals surface area contributed by atoms with Crippen LogP contribution in [0.3, 0.4) is 0 Å². The van der Waals surface area contributed by atoms with Crippen LogP contribution in [0.15, 0.2) is 24.3 Å². The van der Waals surface area contributed by atoms with E-state index in [1.54, 1.807) is 0 Å². The first kappa shape index (κ1) is 21.2. The summed E-state index contributed by atoms with van der Waals surface area (Å²) in [5, 5.41) is 3.00. The van der Waals surface area contributed by atoms with Gasteiger partial charge in [-0.2, -0.15) is 13.2 Å². The molecule has 0 aliphatic heterocycles. The predicted octanol–water partition coefficient (Wildman–Crippen LogP) is 6.31. The van der Waals surface area contributed by atoms with Gasteiger partial charge in [0.25, 0.3) is 5.91 Å². The van der Waals surface area contributed by atoms with Crippen LogP contribution in [-0.4, -0.2) is 12.5 Å². The molecule has 0 spiro atoms. The largest absolute Gasteiger partial charge is 0.416 e. The monoisotopic (exact) mass is 395 g/mol. The van der Waals surface area contributed by atoms with Gasteiger partial charge in [-0.15, -0.1) is 0 Å². The average molecular weight is 396 g/mol. The Morgan fingerprint density at radius 3 is 2.29 bits per heavy atom. The van der Waals surface area contributed by atoms with Crippen molar-refractivity contribution >= 4 is 5.91 Å². The fraction of sp³-hybridized carbons (Fsp3) is 0.696. The first-order valence-corrected chi connectivity index (χ1v) is 10.4. The highest BCUT2D eigenvalue weighted by Crippen LogP contribution is 2.60. The Balaban J connectivity index is 1.68. The van der Waals surface area contributed by atoms with E-state index < -0.39 is 11.7 Å². The van der Waals surface area contributed by atoms with Crippen molar-refractivity contribution in [1.29, 1.82) is 0 Å². The molecular weight excluding hydrogens is 363 g/mol. The summed E-state index contributed by atoms with van der Waals surface area (Å²) in [4.78, 5) is 12.5. The van der Waals surface area contributed by atoms with Crippen LogP contribution < -0.4 is 5.32 Å². The van der Waals surface area contributed by atoms with Crippen molar-refractivity contribution in [2.75, 3.05) is 6.54 Å². The molecule has 3 rings (SSSR count). The van der Waals surface area contributed by atoms with E-state index in [0.717, 1.165) is 18.6 Å². The Morgan fingerprint density at radius 1 is 1.07 bits per heavy atom. The number of benzene rings is 1. The van der Waals surface area contributed by atoms with Gasteiger partial charge in [-0.1, -0.05) is 40.5 Å². The number of nitrogens with one attached hydrogen (secondary N) is 1. The zero-order chi connectivity index (χ0) is 20.7. The van der Waals surface area contributed by atoms with Crippen molar-refractivity contribution in [2.45, 2.75) is 66.0 Å². The molecule has 3 unspecified atom stereocenters. The molecule has 156 valence electrons. The lowest BCUT2D eigenvalue weighted by Gasteiger charge is -2.59. The molecule has 3 atom stereocenters. The third kappa shape index (κ3) is 3.95. The van der Waals surface area contributed by atoms with E-state index in [1.165, 1.54) is 37.8 Å². The van der Waals surface area contributed by atoms with Gasteiger partial charge in [0.1, 0.15) is 0 Å². The minimum absolute atomic E-state index is 0.190. The molecule has 5 heteroatoms. The highest BCUT2D eigenvalue weighted by atomic mass is 19.4. The molecule has 0 bridgehead atoms. The fourth-order valence-electron chi connectivity index (χ4n) is 5.55. The highest BCUT2D eigenvalue weighted by molar-refractivity contribution is 5.94. The van der Waals surface area contributed by atoms with Gasteiger partial charge in [-0.05, 0) is 72.1 Å². The topological polar surface area (TPSA) is 29.1 Å². The summed E-state index contributed by atoms with van der Waals surface area (Å²) in [6.45, 7) is 10.1. The van der Waals surface area contributed by atoms with Crippen LogP contribution in [0.5, 0.6) is 0 Å². The summed E-state index contributed by atoms with van der Waals surface area (Å²) in [7, 11) is 0. The maximum Gasteiger partial charge on any atom is 0.416 e.